The van der Waals surface area contributed by atoms with Gasteiger partial charge < -0.3 is 14.2 Å². The number of carbonyl (C=O) groups is 1. The summed E-state index contributed by atoms with van der Waals surface area (Å²) in [7, 11) is 0. The summed E-state index contributed by atoms with van der Waals surface area (Å²) in [6, 6.07) is 1.59. The topological polar surface area (TPSA) is 94.7 Å². The predicted octanol–water partition coefficient (Wildman–Crippen LogP) is 4.75. The molecule has 8 nitrogen and oxygen atoms in total. The van der Waals surface area contributed by atoms with Crippen LogP contribution in [0.1, 0.15) is 73.8 Å². The van der Waals surface area contributed by atoms with Crippen LogP contribution in [-0.4, -0.2) is 35.2 Å². The number of anilines is 1. The van der Waals surface area contributed by atoms with Gasteiger partial charge in [-0.25, -0.2) is 4.79 Å². The molecule has 5 rings (SSSR count). The number of aryl methyl sites for hydroxylation is 1. The number of nitrogens with zero attached hydrogens (tertiary/aromatic N) is 3. The first-order chi connectivity index (χ1) is 15.9. The zero-order chi connectivity index (χ0) is 23.3. The van der Waals surface area contributed by atoms with Crippen LogP contribution in [0.4, 0.5) is 11.4 Å². The lowest BCUT2D eigenvalue weighted by molar-refractivity contribution is -0.384. The molecule has 2 aromatic rings. The van der Waals surface area contributed by atoms with Crippen molar-refractivity contribution in [3.05, 3.63) is 43.7 Å². The van der Waals surface area contributed by atoms with Crippen LogP contribution < -0.4 is 10.3 Å². The summed E-state index contributed by atoms with van der Waals surface area (Å²) < 4.78 is 7.08. The van der Waals surface area contributed by atoms with E-state index in [1.807, 2.05) is 11.5 Å². The molecule has 2 unspecified atom stereocenters. The molecule has 1 saturated heterocycles. The van der Waals surface area contributed by atoms with Gasteiger partial charge in [0.25, 0.3) is 5.69 Å². The molecule has 0 bridgehead atoms. The number of fused-ring (bicyclic) bond motifs is 2. The maximum absolute atomic E-state index is 13.3. The quantitative estimate of drug-likeness (QED) is 0.368. The standard InChI is InChI=1S/C25H31N3O5/c1-3-33-25(30)20-14-27(18-8-9-18)22-15(2)23(21(28(31)32)12-19(22)24(20)29)26-11-10-16-6-4-5-7-17(16)13-26/h12,14,16-18H,3-11,13H2,1-2H3. The van der Waals surface area contributed by atoms with Crippen molar-refractivity contribution in [3.63, 3.8) is 0 Å². The number of carbonyl (C=O) groups excluding carboxylic acids is 1. The van der Waals surface area contributed by atoms with E-state index in [2.05, 4.69) is 4.90 Å². The Bertz CT molecular complexity index is 1180. The number of hydrogen-bond acceptors (Lipinski definition) is 6. The van der Waals surface area contributed by atoms with Gasteiger partial charge in [0.05, 0.1) is 22.4 Å². The fraction of sp³-hybridized carbons (Fsp3) is 0.600. The van der Waals surface area contributed by atoms with Gasteiger partial charge in [0, 0.05) is 37.0 Å². The molecule has 0 amide bonds. The van der Waals surface area contributed by atoms with Crippen molar-refractivity contribution in [3.8, 4) is 0 Å². The molecule has 8 heteroatoms. The van der Waals surface area contributed by atoms with Crippen LogP contribution in [0.25, 0.3) is 10.9 Å². The van der Waals surface area contributed by atoms with Crippen molar-refractivity contribution in [2.45, 2.75) is 64.8 Å². The highest BCUT2D eigenvalue weighted by Crippen LogP contribution is 2.45. The van der Waals surface area contributed by atoms with Crippen LogP contribution >= 0.6 is 0 Å². The smallest absolute Gasteiger partial charge is 0.343 e. The van der Waals surface area contributed by atoms with E-state index in [-0.39, 0.29) is 34.2 Å². The van der Waals surface area contributed by atoms with Gasteiger partial charge >= 0.3 is 5.97 Å². The highest BCUT2D eigenvalue weighted by Gasteiger charge is 2.36. The molecule has 0 N–H and O–H groups in total. The second-order valence-electron chi connectivity index (χ2n) is 9.79. The second-order valence-corrected chi connectivity index (χ2v) is 9.79. The summed E-state index contributed by atoms with van der Waals surface area (Å²) in [6.07, 6.45) is 9.52. The van der Waals surface area contributed by atoms with E-state index < -0.39 is 11.4 Å². The van der Waals surface area contributed by atoms with Gasteiger partial charge in [-0.2, -0.15) is 0 Å². The van der Waals surface area contributed by atoms with E-state index in [1.54, 1.807) is 13.1 Å². The van der Waals surface area contributed by atoms with Crippen LogP contribution in [0.5, 0.6) is 0 Å². The Morgan fingerprint density at radius 1 is 1.18 bits per heavy atom. The fourth-order valence-corrected chi connectivity index (χ4v) is 6.03. The van der Waals surface area contributed by atoms with Gasteiger partial charge in [0.15, 0.2) is 0 Å². The maximum Gasteiger partial charge on any atom is 0.343 e. The van der Waals surface area contributed by atoms with Gasteiger partial charge in [-0.1, -0.05) is 19.3 Å². The lowest BCUT2D eigenvalue weighted by atomic mass is 9.75. The molecule has 176 valence electrons. The van der Waals surface area contributed by atoms with Crippen LogP contribution in [0.3, 0.4) is 0 Å². The van der Waals surface area contributed by atoms with Crippen LogP contribution in [0.2, 0.25) is 0 Å². The number of hydrogen-bond donors (Lipinski definition) is 0. The lowest BCUT2D eigenvalue weighted by Gasteiger charge is -2.42. The van der Waals surface area contributed by atoms with Gasteiger partial charge in [-0.05, 0) is 51.4 Å². The molecular formula is C25H31N3O5. The Balaban J connectivity index is 1.70. The number of aromatic nitrogens is 1. The Kier molecular flexibility index (Phi) is 5.62. The third-order valence-electron chi connectivity index (χ3n) is 7.74. The van der Waals surface area contributed by atoms with Crippen LogP contribution in [-0.2, 0) is 4.74 Å². The number of nitro benzene ring substituents is 1. The average molecular weight is 454 g/mol. The normalized spacial score (nSPS) is 22.8. The fourth-order valence-electron chi connectivity index (χ4n) is 6.03. The highest BCUT2D eigenvalue weighted by molar-refractivity contribution is 5.98. The largest absolute Gasteiger partial charge is 0.462 e. The Hall–Kier alpha value is -2.90. The molecule has 0 radical (unpaired) electrons. The SMILES string of the molecule is CCOC(=O)c1cn(C2CC2)c2c(C)c(N3CCC4CCCCC4C3)c([N+](=O)[O-])cc2c1=O. The molecule has 1 aromatic carbocycles. The number of esters is 1. The van der Waals surface area contributed by atoms with Gasteiger partial charge in [0.2, 0.25) is 5.43 Å². The van der Waals surface area contributed by atoms with Crippen molar-refractivity contribution in [1.29, 1.82) is 0 Å². The molecule has 0 spiro atoms. The number of benzene rings is 1. The van der Waals surface area contributed by atoms with Gasteiger partial charge in [-0.3, -0.25) is 14.9 Å². The Morgan fingerprint density at radius 3 is 2.58 bits per heavy atom. The first-order valence-electron chi connectivity index (χ1n) is 12.2. The molecule has 2 heterocycles. The average Bonchev–Trinajstić information content (AvgIpc) is 3.64. The number of nitro groups is 1. The van der Waals surface area contributed by atoms with E-state index in [4.69, 9.17) is 4.74 Å². The summed E-state index contributed by atoms with van der Waals surface area (Å²) >= 11 is 0. The summed E-state index contributed by atoms with van der Waals surface area (Å²) in [4.78, 5) is 39.8. The zero-order valence-electron chi connectivity index (χ0n) is 19.3. The van der Waals surface area contributed by atoms with Gasteiger partial charge in [0.1, 0.15) is 11.3 Å². The van der Waals surface area contributed by atoms with Crippen molar-refractivity contribution in [1.82, 2.24) is 4.57 Å². The monoisotopic (exact) mass is 453 g/mol. The third-order valence-corrected chi connectivity index (χ3v) is 7.74. The molecule has 1 aromatic heterocycles. The van der Waals surface area contributed by atoms with E-state index in [9.17, 15) is 19.7 Å². The summed E-state index contributed by atoms with van der Waals surface area (Å²) in [5.41, 5.74) is 1.50. The number of rotatable bonds is 5. The lowest BCUT2D eigenvalue weighted by Crippen LogP contribution is -2.42. The number of pyridine rings is 1. The summed E-state index contributed by atoms with van der Waals surface area (Å²) in [5, 5.41) is 12.4. The molecule has 3 fully saturated rings. The molecular weight excluding hydrogens is 422 g/mol. The summed E-state index contributed by atoms with van der Waals surface area (Å²) in [6.45, 7) is 5.36. The van der Waals surface area contributed by atoms with Crippen molar-refractivity contribution in [2.24, 2.45) is 11.8 Å². The first kappa shape index (κ1) is 21.9. The Morgan fingerprint density at radius 2 is 1.91 bits per heavy atom. The third kappa shape index (κ3) is 3.79. The molecule has 3 aliphatic rings. The molecule has 1 aliphatic heterocycles. The molecule has 2 atom stereocenters. The van der Waals surface area contributed by atoms with Crippen LogP contribution in [0, 0.1) is 28.9 Å². The van der Waals surface area contributed by atoms with Crippen molar-refractivity contribution < 1.29 is 14.5 Å². The van der Waals surface area contributed by atoms with Crippen molar-refractivity contribution in [2.75, 3.05) is 24.6 Å². The second kappa shape index (κ2) is 8.47. The highest BCUT2D eigenvalue weighted by atomic mass is 16.6. The Labute approximate surface area is 192 Å². The molecule has 2 aliphatic carbocycles. The van der Waals surface area contributed by atoms with Gasteiger partial charge in [-0.15, -0.1) is 0 Å². The summed E-state index contributed by atoms with van der Waals surface area (Å²) in [5.74, 6) is 0.605. The zero-order valence-corrected chi connectivity index (χ0v) is 19.3. The number of piperidine rings is 1. The van der Waals surface area contributed by atoms with E-state index in [0.29, 0.717) is 23.0 Å². The molecule has 2 saturated carbocycles. The van der Waals surface area contributed by atoms with E-state index in [0.717, 1.165) is 37.9 Å². The van der Waals surface area contributed by atoms with Crippen molar-refractivity contribution >= 4 is 28.2 Å². The van der Waals surface area contributed by atoms with E-state index >= 15 is 0 Å². The van der Waals surface area contributed by atoms with E-state index in [1.165, 1.54) is 31.7 Å². The molecule has 33 heavy (non-hydrogen) atoms. The maximum atomic E-state index is 13.3. The minimum Gasteiger partial charge on any atom is -0.462 e. The van der Waals surface area contributed by atoms with Crippen LogP contribution in [0.15, 0.2) is 17.1 Å². The predicted molar refractivity (Wildman–Crippen MR) is 126 cm³/mol. The number of ether oxygens (including phenoxy) is 1. The minimum absolute atomic E-state index is 0.0466. The first-order valence-corrected chi connectivity index (χ1v) is 12.2. The minimum atomic E-state index is -0.678.